The Kier molecular flexibility index (Phi) is 5.62. The van der Waals surface area contributed by atoms with Crippen molar-refractivity contribution >= 4 is 0 Å². The summed E-state index contributed by atoms with van der Waals surface area (Å²) in [5, 5.41) is 24.7. The first kappa shape index (κ1) is 24.1. The molecule has 2 heterocycles. The zero-order valence-electron chi connectivity index (χ0n) is 21.5. The molecule has 9 atom stereocenters. The van der Waals surface area contributed by atoms with Crippen LogP contribution in [0.3, 0.4) is 0 Å². The van der Waals surface area contributed by atoms with Crippen LogP contribution in [0.1, 0.15) is 96.0 Å². The normalized spacial score (nSPS) is 49.9. The molecule has 1 aromatic heterocycles. The average Bonchev–Trinajstić information content (AvgIpc) is 3.42. The van der Waals surface area contributed by atoms with Gasteiger partial charge in [-0.05, 0) is 112 Å². The molecule has 194 valence electrons. The summed E-state index contributed by atoms with van der Waals surface area (Å²) < 4.78 is 5.22. The maximum atomic E-state index is 12.4. The fourth-order valence-corrected chi connectivity index (χ4v) is 10.2. The Hall–Kier alpha value is -1.21. The van der Waals surface area contributed by atoms with Gasteiger partial charge in [0.15, 0.2) is 0 Å². The molecular formula is C29H44N2O4. The Morgan fingerprint density at radius 2 is 1.77 bits per heavy atom. The third kappa shape index (κ3) is 3.25. The second-order valence-electron chi connectivity index (χ2n) is 13.2. The van der Waals surface area contributed by atoms with Crippen LogP contribution in [0, 0.1) is 22.7 Å². The molecule has 1 saturated heterocycles. The smallest absolute Gasteiger partial charge is 0.335 e. The highest BCUT2D eigenvalue weighted by Gasteiger charge is 2.70. The van der Waals surface area contributed by atoms with E-state index in [0.29, 0.717) is 24.5 Å². The fourth-order valence-electron chi connectivity index (χ4n) is 10.2. The van der Waals surface area contributed by atoms with E-state index in [1.54, 1.807) is 6.26 Å². The Labute approximate surface area is 209 Å². The highest BCUT2D eigenvalue weighted by molar-refractivity contribution is 5.28. The fraction of sp³-hybridized carbons (Fsp3) is 0.828. The SMILES string of the molecule is C[C@]12CC[C@H](N3CCC[C@H]3CN)C[C@@]1(O)CC[C@@H]1[C@@H]2CC[C@]2(C)[C@@H](c3ccc(=O)oc3)CC[C@]12O. The number of hydrogen-bond acceptors (Lipinski definition) is 6. The van der Waals surface area contributed by atoms with Gasteiger partial charge in [-0.2, -0.15) is 0 Å². The van der Waals surface area contributed by atoms with Crippen LogP contribution in [-0.2, 0) is 0 Å². The van der Waals surface area contributed by atoms with Crippen LogP contribution in [0.5, 0.6) is 0 Å². The van der Waals surface area contributed by atoms with E-state index in [-0.39, 0.29) is 28.3 Å². The summed E-state index contributed by atoms with van der Waals surface area (Å²) in [5.41, 5.74) is 5.02. The number of nitrogens with zero attached hydrogens (tertiary/aromatic N) is 1. The monoisotopic (exact) mass is 484 g/mol. The molecule has 0 unspecified atom stereocenters. The largest absolute Gasteiger partial charge is 0.431 e. The van der Waals surface area contributed by atoms with Crippen LogP contribution in [0.15, 0.2) is 27.6 Å². The van der Waals surface area contributed by atoms with Crippen molar-refractivity contribution in [3.63, 3.8) is 0 Å². The van der Waals surface area contributed by atoms with Crippen LogP contribution in [0.2, 0.25) is 0 Å². The van der Waals surface area contributed by atoms with E-state index in [1.807, 2.05) is 6.07 Å². The molecule has 5 aliphatic rings. The number of hydrogen-bond donors (Lipinski definition) is 3. The molecule has 4 aliphatic carbocycles. The molecule has 0 spiro atoms. The van der Waals surface area contributed by atoms with Gasteiger partial charge < -0.3 is 20.4 Å². The van der Waals surface area contributed by atoms with Gasteiger partial charge in [0.2, 0.25) is 0 Å². The second kappa shape index (κ2) is 8.14. The van der Waals surface area contributed by atoms with Crippen molar-refractivity contribution in [3.05, 3.63) is 34.4 Å². The zero-order valence-corrected chi connectivity index (χ0v) is 21.5. The quantitative estimate of drug-likeness (QED) is 0.604. The Balaban J connectivity index is 1.27. The summed E-state index contributed by atoms with van der Waals surface area (Å²) in [5.74, 6) is 0.759. The molecule has 6 heteroatoms. The number of aliphatic hydroxyl groups is 2. The van der Waals surface area contributed by atoms with Crippen molar-refractivity contribution in [3.8, 4) is 0 Å². The Bertz CT molecular complexity index is 1010. The first-order chi connectivity index (χ1) is 16.7. The highest BCUT2D eigenvalue weighted by Crippen LogP contribution is 2.71. The summed E-state index contributed by atoms with van der Waals surface area (Å²) in [4.78, 5) is 14.1. The predicted octanol–water partition coefficient (Wildman–Crippen LogP) is 3.79. The summed E-state index contributed by atoms with van der Waals surface area (Å²) >= 11 is 0. The summed E-state index contributed by atoms with van der Waals surface area (Å²) in [6.45, 7) is 6.44. The predicted molar refractivity (Wildman–Crippen MR) is 135 cm³/mol. The van der Waals surface area contributed by atoms with E-state index < -0.39 is 11.2 Å². The molecule has 0 aromatic carbocycles. The Morgan fingerprint density at radius 3 is 2.51 bits per heavy atom. The van der Waals surface area contributed by atoms with E-state index in [9.17, 15) is 15.0 Å². The van der Waals surface area contributed by atoms with Crippen molar-refractivity contribution in [2.75, 3.05) is 13.1 Å². The van der Waals surface area contributed by atoms with Gasteiger partial charge in [0.25, 0.3) is 0 Å². The molecular weight excluding hydrogens is 440 g/mol. The van der Waals surface area contributed by atoms with E-state index in [2.05, 4.69) is 18.7 Å². The number of rotatable bonds is 3. The van der Waals surface area contributed by atoms with Gasteiger partial charge in [-0.3, -0.25) is 4.90 Å². The third-order valence-corrected chi connectivity index (χ3v) is 12.3. The molecule has 35 heavy (non-hydrogen) atoms. The lowest BCUT2D eigenvalue weighted by atomic mass is 9.41. The van der Waals surface area contributed by atoms with Crippen molar-refractivity contribution in [2.45, 2.75) is 114 Å². The molecule has 4 N–H and O–H groups in total. The lowest BCUT2D eigenvalue weighted by Crippen LogP contribution is -2.68. The van der Waals surface area contributed by atoms with Gasteiger partial charge >= 0.3 is 5.63 Å². The summed E-state index contributed by atoms with van der Waals surface area (Å²) in [6, 6.07) is 4.31. The number of likely N-dealkylation sites (tertiary alicyclic amines) is 1. The maximum Gasteiger partial charge on any atom is 0.335 e. The standard InChI is InChI=1S/C29H44N2O4/c1-26-11-7-20(31-15-3-4-21(31)17-30)16-28(26,33)13-9-24-23(26)8-12-27(2)22(10-14-29(24,27)34)19-5-6-25(32)35-18-19/h5-6,18,20-24,33-34H,3-4,7-17,30H2,1-2H3/t20-,21-,22+,23-,24+,26+,27+,28-,29-/m0/s1. The van der Waals surface area contributed by atoms with Crippen molar-refractivity contribution < 1.29 is 14.6 Å². The summed E-state index contributed by atoms with van der Waals surface area (Å²) in [7, 11) is 0. The van der Waals surface area contributed by atoms with Gasteiger partial charge in [-0.1, -0.05) is 13.8 Å². The molecule has 1 aromatic rings. The average molecular weight is 485 g/mol. The van der Waals surface area contributed by atoms with Crippen molar-refractivity contribution in [1.82, 2.24) is 4.90 Å². The van der Waals surface area contributed by atoms with Gasteiger partial charge in [0.1, 0.15) is 0 Å². The lowest BCUT2D eigenvalue weighted by Gasteiger charge is -2.66. The topological polar surface area (TPSA) is 99.9 Å². The molecule has 0 bridgehead atoms. The first-order valence-corrected chi connectivity index (χ1v) is 14.1. The molecule has 6 rings (SSSR count). The van der Waals surface area contributed by atoms with Crippen LogP contribution in [-0.4, -0.2) is 51.5 Å². The lowest BCUT2D eigenvalue weighted by molar-refractivity contribution is -0.250. The maximum absolute atomic E-state index is 12.4. The first-order valence-electron chi connectivity index (χ1n) is 14.1. The van der Waals surface area contributed by atoms with Gasteiger partial charge in [0.05, 0.1) is 17.5 Å². The van der Waals surface area contributed by atoms with Gasteiger partial charge in [-0.15, -0.1) is 0 Å². The third-order valence-electron chi connectivity index (χ3n) is 12.3. The minimum Gasteiger partial charge on any atom is -0.431 e. The number of nitrogens with two attached hydrogens (primary N) is 1. The van der Waals surface area contributed by atoms with E-state index in [0.717, 1.165) is 69.9 Å². The van der Waals surface area contributed by atoms with Crippen LogP contribution in [0.4, 0.5) is 0 Å². The number of fused-ring (bicyclic) bond motifs is 5. The molecule has 5 fully saturated rings. The summed E-state index contributed by atoms with van der Waals surface area (Å²) in [6.07, 6.45) is 12.4. The minimum absolute atomic E-state index is 0.154. The van der Waals surface area contributed by atoms with E-state index >= 15 is 0 Å². The molecule has 0 radical (unpaired) electrons. The second-order valence-corrected chi connectivity index (χ2v) is 13.2. The Morgan fingerprint density at radius 1 is 1.00 bits per heavy atom. The highest BCUT2D eigenvalue weighted by atomic mass is 16.4. The van der Waals surface area contributed by atoms with Gasteiger partial charge in [-0.25, -0.2) is 4.79 Å². The van der Waals surface area contributed by atoms with Crippen LogP contribution in [0.25, 0.3) is 0 Å². The van der Waals surface area contributed by atoms with Gasteiger partial charge in [0, 0.05) is 30.1 Å². The van der Waals surface area contributed by atoms with E-state index in [4.69, 9.17) is 10.2 Å². The minimum atomic E-state index is -0.739. The van der Waals surface area contributed by atoms with Crippen LogP contribution < -0.4 is 11.4 Å². The van der Waals surface area contributed by atoms with Crippen LogP contribution >= 0.6 is 0 Å². The molecule has 6 nitrogen and oxygen atoms in total. The molecule has 0 amide bonds. The van der Waals surface area contributed by atoms with E-state index in [1.165, 1.54) is 18.9 Å². The molecule has 4 saturated carbocycles. The van der Waals surface area contributed by atoms with Crippen molar-refractivity contribution in [2.24, 2.45) is 28.4 Å². The molecule has 1 aliphatic heterocycles. The zero-order chi connectivity index (χ0) is 24.6. The van der Waals surface area contributed by atoms with Crippen molar-refractivity contribution in [1.29, 1.82) is 0 Å².